The molecular formula is C18H30N4O. The van der Waals surface area contributed by atoms with Crippen molar-refractivity contribution in [3.05, 3.63) is 23.5 Å². The molecule has 2 fully saturated rings. The van der Waals surface area contributed by atoms with Crippen molar-refractivity contribution in [1.82, 2.24) is 14.8 Å². The van der Waals surface area contributed by atoms with Crippen molar-refractivity contribution in [1.29, 1.82) is 0 Å². The van der Waals surface area contributed by atoms with Crippen molar-refractivity contribution in [2.75, 3.05) is 57.3 Å². The van der Waals surface area contributed by atoms with E-state index in [-0.39, 0.29) is 6.61 Å². The highest BCUT2D eigenvalue weighted by Crippen LogP contribution is 2.24. The number of aliphatic hydroxyl groups is 1. The lowest BCUT2D eigenvalue weighted by atomic mass is 10.1. The summed E-state index contributed by atoms with van der Waals surface area (Å²) in [5.41, 5.74) is 3.63. The van der Waals surface area contributed by atoms with Gasteiger partial charge < -0.3 is 10.0 Å². The molecule has 2 saturated heterocycles. The second-order valence-corrected chi connectivity index (χ2v) is 7.16. The molecular weight excluding hydrogens is 288 g/mol. The first-order chi connectivity index (χ1) is 11.1. The molecule has 0 aliphatic carbocycles. The average Bonchev–Trinajstić information content (AvgIpc) is 2.51. The zero-order valence-electron chi connectivity index (χ0n) is 14.7. The minimum absolute atomic E-state index is 0.277. The number of hydrogen-bond donors (Lipinski definition) is 1. The highest BCUT2D eigenvalue weighted by atomic mass is 16.3. The molecule has 0 bridgehead atoms. The molecule has 23 heavy (non-hydrogen) atoms. The van der Waals surface area contributed by atoms with E-state index in [2.05, 4.69) is 47.6 Å². The topological polar surface area (TPSA) is 42.8 Å². The number of piperazine rings is 1. The molecule has 2 aliphatic rings. The van der Waals surface area contributed by atoms with E-state index in [0.717, 1.165) is 51.5 Å². The van der Waals surface area contributed by atoms with Crippen LogP contribution in [0.3, 0.4) is 0 Å². The first-order valence-electron chi connectivity index (χ1n) is 8.88. The van der Waals surface area contributed by atoms with Crippen LogP contribution in [0.15, 0.2) is 12.1 Å². The van der Waals surface area contributed by atoms with Gasteiger partial charge in [0.25, 0.3) is 0 Å². The van der Waals surface area contributed by atoms with Crippen LogP contribution in [0.2, 0.25) is 0 Å². The third-order valence-corrected chi connectivity index (χ3v) is 5.20. The number of anilines is 1. The summed E-state index contributed by atoms with van der Waals surface area (Å²) in [4.78, 5) is 12.2. The Kier molecular flexibility index (Phi) is 5.19. The van der Waals surface area contributed by atoms with Crippen molar-refractivity contribution in [3.8, 4) is 0 Å². The molecule has 0 atom stereocenters. The third-order valence-electron chi connectivity index (χ3n) is 5.20. The minimum atomic E-state index is 0.277. The maximum absolute atomic E-state index is 8.97. The van der Waals surface area contributed by atoms with E-state index >= 15 is 0 Å². The van der Waals surface area contributed by atoms with Gasteiger partial charge in [0.2, 0.25) is 0 Å². The van der Waals surface area contributed by atoms with Crippen LogP contribution in [0.5, 0.6) is 0 Å². The number of hydrogen-bond acceptors (Lipinski definition) is 5. The standard InChI is InChI=1S/C18H30N4O/c1-14(2)17-4-5-18(15(3)19-17)22-8-6-21(7-9-22)16-12-20(13-16)10-11-23/h4-5,14,16,23H,6-13H2,1-3H3. The molecule has 1 aromatic rings. The van der Waals surface area contributed by atoms with Crippen LogP contribution < -0.4 is 4.90 Å². The van der Waals surface area contributed by atoms with Gasteiger partial charge in [-0.15, -0.1) is 0 Å². The summed E-state index contributed by atoms with van der Waals surface area (Å²) in [6, 6.07) is 5.11. The molecule has 1 N–H and O–H groups in total. The third kappa shape index (κ3) is 3.67. The molecule has 5 nitrogen and oxygen atoms in total. The number of likely N-dealkylation sites (tertiary alicyclic amines) is 1. The molecule has 0 unspecified atom stereocenters. The summed E-state index contributed by atoms with van der Waals surface area (Å²) >= 11 is 0. The first kappa shape index (κ1) is 16.7. The van der Waals surface area contributed by atoms with Crippen LogP contribution in [0.1, 0.15) is 31.2 Å². The number of aromatic nitrogens is 1. The quantitative estimate of drug-likeness (QED) is 0.887. The summed E-state index contributed by atoms with van der Waals surface area (Å²) in [7, 11) is 0. The lowest BCUT2D eigenvalue weighted by molar-refractivity contribution is 0.0212. The summed E-state index contributed by atoms with van der Waals surface area (Å²) in [6.07, 6.45) is 0. The molecule has 3 heterocycles. The number of nitrogens with zero attached hydrogens (tertiary/aromatic N) is 4. The van der Waals surface area contributed by atoms with E-state index in [4.69, 9.17) is 10.1 Å². The zero-order chi connectivity index (χ0) is 16.4. The van der Waals surface area contributed by atoms with E-state index in [0.29, 0.717) is 12.0 Å². The monoisotopic (exact) mass is 318 g/mol. The van der Waals surface area contributed by atoms with Gasteiger partial charge in [0, 0.05) is 57.5 Å². The summed E-state index contributed by atoms with van der Waals surface area (Å²) < 4.78 is 0. The highest BCUT2D eigenvalue weighted by molar-refractivity contribution is 5.51. The average molecular weight is 318 g/mol. The molecule has 0 spiro atoms. The number of β-amino-alcohol motifs (C(OH)–C–C–N with tert-alkyl or cyclic N) is 1. The van der Waals surface area contributed by atoms with Crippen LogP contribution in [-0.2, 0) is 0 Å². The molecule has 3 rings (SSSR count). The molecule has 0 radical (unpaired) electrons. The van der Waals surface area contributed by atoms with E-state index in [1.165, 1.54) is 11.4 Å². The lowest BCUT2D eigenvalue weighted by Crippen LogP contribution is -2.63. The molecule has 0 amide bonds. The first-order valence-corrected chi connectivity index (χ1v) is 8.88. The Morgan fingerprint density at radius 3 is 2.43 bits per heavy atom. The number of pyridine rings is 1. The largest absolute Gasteiger partial charge is 0.395 e. The minimum Gasteiger partial charge on any atom is -0.395 e. The van der Waals surface area contributed by atoms with E-state index in [1.807, 2.05) is 0 Å². The number of rotatable bonds is 5. The van der Waals surface area contributed by atoms with Gasteiger partial charge in [0.1, 0.15) is 0 Å². The van der Waals surface area contributed by atoms with Gasteiger partial charge in [0.05, 0.1) is 18.0 Å². The van der Waals surface area contributed by atoms with Crippen LogP contribution in [-0.4, -0.2) is 78.4 Å². The highest BCUT2D eigenvalue weighted by Gasteiger charge is 2.33. The van der Waals surface area contributed by atoms with Crippen LogP contribution in [0, 0.1) is 6.92 Å². The molecule has 1 aromatic heterocycles. The van der Waals surface area contributed by atoms with Gasteiger partial charge in [-0.25, -0.2) is 0 Å². The molecule has 2 aliphatic heterocycles. The Hall–Kier alpha value is -1.17. The van der Waals surface area contributed by atoms with Crippen LogP contribution in [0.25, 0.3) is 0 Å². The molecule has 5 heteroatoms. The molecule has 0 aromatic carbocycles. The fourth-order valence-electron chi connectivity index (χ4n) is 3.65. The summed E-state index contributed by atoms with van der Waals surface area (Å²) in [6.45, 7) is 14.3. The van der Waals surface area contributed by atoms with E-state index < -0.39 is 0 Å². The zero-order valence-corrected chi connectivity index (χ0v) is 14.7. The fourth-order valence-corrected chi connectivity index (χ4v) is 3.65. The van der Waals surface area contributed by atoms with Gasteiger partial charge in [-0.2, -0.15) is 0 Å². The van der Waals surface area contributed by atoms with Crippen molar-refractivity contribution >= 4 is 5.69 Å². The van der Waals surface area contributed by atoms with Crippen molar-refractivity contribution in [2.45, 2.75) is 32.7 Å². The Labute approximate surface area is 139 Å². The van der Waals surface area contributed by atoms with Crippen molar-refractivity contribution < 1.29 is 5.11 Å². The van der Waals surface area contributed by atoms with Crippen molar-refractivity contribution in [2.24, 2.45) is 0 Å². The summed E-state index contributed by atoms with van der Waals surface area (Å²) in [5, 5.41) is 8.97. The SMILES string of the molecule is Cc1nc(C(C)C)ccc1N1CCN(C2CN(CCO)C2)CC1. The van der Waals surface area contributed by atoms with Crippen molar-refractivity contribution in [3.63, 3.8) is 0 Å². The predicted octanol–water partition coefficient (Wildman–Crippen LogP) is 1.31. The Bertz CT molecular complexity index is 520. The van der Waals surface area contributed by atoms with Gasteiger partial charge >= 0.3 is 0 Å². The maximum Gasteiger partial charge on any atom is 0.0609 e. The Balaban J connectivity index is 1.53. The molecule has 128 valence electrons. The Morgan fingerprint density at radius 2 is 1.87 bits per heavy atom. The van der Waals surface area contributed by atoms with Gasteiger partial charge in [-0.1, -0.05) is 13.8 Å². The molecule has 0 saturated carbocycles. The second-order valence-electron chi connectivity index (χ2n) is 7.16. The summed E-state index contributed by atoms with van der Waals surface area (Å²) in [5.74, 6) is 0.486. The van der Waals surface area contributed by atoms with E-state index in [1.54, 1.807) is 0 Å². The lowest BCUT2D eigenvalue weighted by Gasteiger charge is -2.48. The predicted molar refractivity (Wildman–Crippen MR) is 94.2 cm³/mol. The normalized spacial score (nSPS) is 21.0. The second kappa shape index (κ2) is 7.16. The van der Waals surface area contributed by atoms with Gasteiger partial charge in [-0.05, 0) is 25.0 Å². The number of aryl methyl sites for hydroxylation is 1. The van der Waals surface area contributed by atoms with Crippen LogP contribution in [0.4, 0.5) is 5.69 Å². The number of aliphatic hydroxyl groups excluding tert-OH is 1. The smallest absolute Gasteiger partial charge is 0.0609 e. The fraction of sp³-hybridized carbons (Fsp3) is 0.722. The van der Waals surface area contributed by atoms with Gasteiger partial charge in [0.15, 0.2) is 0 Å². The maximum atomic E-state index is 8.97. The Morgan fingerprint density at radius 1 is 1.17 bits per heavy atom. The van der Waals surface area contributed by atoms with E-state index in [9.17, 15) is 0 Å². The van der Waals surface area contributed by atoms with Crippen LogP contribution >= 0.6 is 0 Å². The van der Waals surface area contributed by atoms with Gasteiger partial charge in [-0.3, -0.25) is 14.8 Å².